The minimum Gasteiger partial charge on any atom is -0.497 e. The lowest BCUT2D eigenvalue weighted by Crippen LogP contribution is -2.49. The van der Waals surface area contributed by atoms with Crippen LogP contribution < -0.4 is 14.4 Å². The van der Waals surface area contributed by atoms with Gasteiger partial charge in [0.25, 0.3) is 11.8 Å². The van der Waals surface area contributed by atoms with Crippen LogP contribution in [0, 0.1) is 0 Å². The first kappa shape index (κ1) is 24.2. The van der Waals surface area contributed by atoms with Crippen molar-refractivity contribution in [1.82, 2.24) is 4.90 Å². The van der Waals surface area contributed by atoms with E-state index in [1.165, 1.54) is 26.2 Å². The number of hydrogen-bond acceptors (Lipinski definition) is 7. The van der Waals surface area contributed by atoms with Crippen molar-refractivity contribution >= 4 is 23.4 Å². The minimum atomic E-state index is -0.994. The summed E-state index contributed by atoms with van der Waals surface area (Å²) in [6.07, 6.45) is -0.914. The highest BCUT2D eigenvalue weighted by Gasteiger charge is 2.45. The summed E-state index contributed by atoms with van der Waals surface area (Å²) < 4.78 is 21.1. The van der Waals surface area contributed by atoms with Crippen LogP contribution in [0.25, 0.3) is 0 Å². The summed E-state index contributed by atoms with van der Waals surface area (Å²) in [6.45, 7) is 2.35. The van der Waals surface area contributed by atoms with Crippen molar-refractivity contribution < 1.29 is 33.3 Å². The standard InChI is InChI=1S/C24H28N2O7/c1-5-33-19-12-8-17(9-13-19)26-21(27)14-20(24(26)29)25(15-22(31-3)32-4)23(28)16-6-10-18(30-2)11-7-16/h6-13,20,22H,5,14-15H2,1-4H3. The third kappa shape index (κ3) is 5.32. The summed E-state index contributed by atoms with van der Waals surface area (Å²) in [4.78, 5) is 42.0. The van der Waals surface area contributed by atoms with E-state index >= 15 is 0 Å². The van der Waals surface area contributed by atoms with Gasteiger partial charge in [0.2, 0.25) is 5.91 Å². The largest absolute Gasteiger partial charge is 0.497 e. The van der Waals surface area contributed by atoms with Crippen molar-refractivity contribution in [3.8, 4) is 11.5 Å². The summed E-state index contributed by atoms with van der Waals surface area (Å²) in [5.74, 6) is -0.0729. The Morgan fingerprint density at radius 3 is 2.15 bits per heavy atom. The van der Waals surface area contributed by atoms with Crippen molar-refractivity contribution in [3.05, 3.63) is 54.1 Å². The molecule has 0 aromatic heterocycles. The van der Waals surface area contributed by atoms with Crippen LogP contribution in [0.1, 0.15) is 23.7 Å². The van der Waals surface area contributed by atoms with Gasteiger partial charge in [-0.3, -0.25) is 14.4 Å². The number of amides is 3. The molecule has 3 amide bonds. The predicted molar refractivity (Wildman–Crippen MR) is 120 cm³/mol. The maximum Gasteiger partial charge on any atom is 0.257 e. The summed E-state index contributed by atoms with van der Waals surface area (Å²) in [7, 11) is 4.42. The van der Waals surface area contributed by atoms with E-state index in [0.29, 0.717) is 29.4 Å². The summed E-state index contributed by atoms with van der Waals surface area (Å²) in [5, 5.41) is 0. The summed E-state index contributed by atoms with van der Waals surface area (Å²) in [5.41, 5.74) is 0.768. The first-order valence-electron chi connectivity index (χ1n) is 10.5. The molecule has 0 spiro atoms. The highest BCUT2D eigenvalue weighted by molar-refractivity contribution is 6.23. The molecule has 1 atom stereocenters. The molecule has 0 radical (unpaired) electrons. The molecule has 9 heteroatoms. The van der Waals surface area contributed by atoms with E-state index in [-0.39, 0.29) is 13.0 Å². The molecule has 1 heterocycles. The minimum absolute atomic E-state index is 0.0291. The molecule has 33 heavy (non-hydrogen) atoms. The number of methoxy groups -OCH3 is 3. The fourth-order valence-electron chi connectivity index (χ4n) is 3.65. The van der Waals surface area contributed by atoms with Gasteiger partial charge >= 0.3 is 0 Å². The molecule has 176 valence electrons. The molecular formula is C24H28N2O7. The lowest BCUT2D eigenvalue weighted by Gasteiger charge is -2.30. The molecule has 0 N–H and O–H groups in total. The van der Waals surface area contributed by atoms with Crippen LogP contribution in [0.5, 0.6) is 11.5 Å². The Morgan fingerprint density at radius 1 is 1.00 bits per heavy atom. The molecule has 2 aromatic rings. The van der Waals surface area contributed by atoms with E-state index in [1.807, 2.05) is 6.92 Å². The number of rotatable bonds is 10. The molecule has 2 aromatic carbocycles. The van der Waals surface area contributed by atoms with E-state index in [1.54, 1.807) is 48.5 Å². The number of carbonyl (C=O) groups excluding carboxylic acids is 3. The van der Waals surface area contributed by atoms with E-state index < -0.39 is 30.1 Å². The number of nitrogens with zero attached hydrogens (tertiary/aromatic N) is 2. The molecule has 1 saturated heterocycles. The number of anilines is 1. The normalized spacial score (nSPS) is 15.8. The molecule has 9 nitrogen and oxygen atoms in total. The third-order valence-electron chi connectivity index (χ3n) is 5.37. The number of hydrogen-bond donors (Lipinski definition) is 0. The highest BCUT2D eigenvalue weighted by atomic mass is 16.7. The molecule has 3 rings (SSSR count). The smallest absolute Gasteiger partial charge is 0.257 e. The number of benzene rings is 2. The van der Waals surface area contributed by atoms with Gasteiger partial charge < -0.3 is 23.8 Å². The summed E-state index contributed by atoms with van der Waals surface area (Å²) >= 11 is 0. The van der Waals surface area contributed by atoms with Gasteiger partial charge in [-0.25, -0.2) is 4.90 Å². The second-order valence-electron chi connectivity index (χ2n) is 7.30. The van der Waals surface area contributed by atoms with Gasteiger partial charge in [0.1, 0.15) is 17.5 Å². The van der Waals surface area contributed by atoms with Crippen LogP contribution in [-0.2, 0) is 19.1 Å². The zero-order chi connectivity index (χ0) is 24.0. The van der Waals surface area contributed by atoms with Gasteiger partial charge in [0.15, 0.2) is 6.29 Å². The molecule has 1 fully saturated rings. The lowest BCUT2D eigenvalue weighted by molar-refractivity contribution is -0.128. The van der Waals surface area contributed by atoms with Crippen molar-refractivity contribution in [1.29, 1.82) is 0 Å². The van der Waals surface area contributed by atoms with Gasteiger partial charge in [-0.2, -0.15) is 0 Å². The van der Waals surface area contributed by atoms with Crippen molar-refractivity contribution in [2.24, 2.45) is 0 Å². The topological polar surface area (TPSA) is 94.6 Å². The molecule has 0 saturated carbocycles. The number of imide groups is 1. The third-order valence-corrected chi connectivity index (χ3v) is 5.37. The van der Waals surface area contributed by atoms with Crippen LogP contribution in [0.4, 0.5) is 5.69 Å². The molecule has 0 bridgehead atoms. The quantitative estimate of drug-likeness (QED) is 0.400. The van der Waals surface area contributed by atoms with Crippen LogP contribution in [0.2, 0.25) is 0 Å². The first-order chi connectivity index (χ1) is 15.9. The van der Waals surface area contributed by atoms with E-state index in [9.17, 15) is 14.4 Å². The van der Waals surface area contributed by atoms with Crippen molar-refractivity contribution in [3.63, 3.8) is 0 Å². The zero-order valence-electron chi connectivity index (χ0n) is 19.1. The van der Waals surface area contributed by atoms with Crippen molar-refractivity contribution in [2.75, 3.05) is 39.4 Å². The second kappa shape index (κ2) is 10.9. The highest BCUT2D eigenvalue weighted by Crippen LogP contribution is 2.29. The molecule has 1 aliphatic heterocycles. The Bertz CT molecular complexity index is 971. The van der Waals surface area contributed by atoms with Crippen LogP contribution in [0.3, 0.4) is 0 Å². The number of carbonyl (C=O) groups is 3. The number of ether oxygens (including phenoxy) is 4. The maximum absolute atomic E-state index is 13.4. The fraction of sp³-hybridized carbons (Fsp3) is 0.375. The Balaban J connectivity index is 1.89. The maximum atomic E-state index is 13.4. The molecule has 0 aliphatic carbocycles. The molecule has 1 aliphatic rings. The fourth-order valence-corrected chi connectivity index (χ4v) is 3.65. The monoisotopic (exact) mass is 456 g/mol. The van der Waals surface area contributed by atoms with Gasteiger partial charge in [-0.1, -0.05) is 0 Å². The Hall–Kier alpha value is -3.43. The predicted octanol–water partition coefficient (Wildman–Crippen LogP) is 2.49. The second-order valence-corrected chi connectivity index (χ2v) is 7.30. The van der Waals surface area contributed by atoms with E-state index in [0.717, 1.165) is 4.90 Å². The first-order valence-corrected chi connectivity index (χ1v) is 10.5. The van der Waals surface area contributed by atoms with Gasteiger partial charge in [-0.05, 0) is 55.5 Å². The van der Waals surface area contributed by atoms with Gasteiger partial charge in [-0.15, -0.1) is 0 Å². The SMILES string of the molecule is CCOc1ccc(N2C(=O)CC(N(CC(OC)OC)C(=O)c3ccc(OC)cc3)C2=O)cc1. The van der Waals surface area contributed by atoms with E-state index in [2.05, 4.69) is 0 Å². The molecule has 1 unspecified atom stereocenters. The average molecular weight is 456 g/mol. The van der Waals surface area contributed by atoms with Crippen LogP contribution in [-0.4, -0.2) is 69.4 Å². The van der Waals surface area contributed by atoms with Crippen LogP contribution in [0.15, 0.2) is 48.5 Å². The van der Waals surface area contributed by atoms with Gasteiger partial charge in [0, 0.05) is 19.8 Å². The summed E-state index contributed by atoms with van der Waals surface area (Å²) in [6, 6.07) is 12.2. The van der Waals surface area contributed by atoms with Crippen LogP contribution >= 0.6 is 0 Å². The molecular weight excluding hydrogens is 428 g/mol. The van der Waals surface area contributed by atoms with Crippen molar-refractivity contribution in [2.45, 2.75) is 25.7 Å². The van der Waals surface area contributed by atoms with Gasteiger partial charge in [0.05, 0.1) is 32.4 Å². The average Bonchev–Trinajstić information content (AvgIpc) is 3.14. The zero-order valence-corrected chi connectivity index (χ0v) is 19.1. The Kier molecular flexibility index (Phi) is 8.02. The Labute approximate surface area is 192 Å². The van der Waals surface area contributed by atoms with E-state index in [4.69, 9.17) is 18.9 Å². The Morgan fingerprint density at radius 2 is 1.61 bits per heavy atom. The lowest BCUT2D eigenvalue weighted by atomic mass is 10.1.